The predicted octanol–water partition coefficient (Wildman–Crippen LogP) is 6.15. The van der Waals surface area contributed by atoms with Gasteiger partial charge in [-0.05, 0) is 73.9 Å². The lowest BCUT2D eigenvalue weighted by atomic mass is 10.1. The second-order valence-corrected chi connectivity index (χ2v) is 11.1. The van der Waals surface area contributed by atoms with Gasteiger partial charge in [-0.15, -0.1) is 0 Å². The summed E-state index contributed by atoms with van der Waals surface area (Å²) in [6.07, 6.45) is 2.36. The van der Waals surface area contributed by atoms with Crippen molar-refractivity contribution in [3.63, 3.8) is 0 Å². The number of benzene rings is 3. The largest absolute Gasteiger partial charge is 0.268 e. The van der Waals surface area contributed by atoms with Gasteiger partial charge in [0.05, 0.1) is 27.5 Å². The van der Waals surface area contributed by atoms with E-state index in [1.165, 1.54) is 16.4 Å². The van der Waals surface area contributed by atoms with Crippen LogP contribution in [0.1, 0.15) is 51.0 Å². The van der Waals surface area contributed by atoms with Crippen LogP contribution in [-0.4, -0.2) is 28.8 Å². The highest BCUT2D eigenvalue weighted by Gasteiger charge is 2.32. The fraction of sp³-hybridized carbons (Fsp3) is 0.286. The van der Waals surface area contributed by atoms with Crippen LogP contribution in [0, 0.1) is 0 Å². The van der Waals surface area contributed by atoms with E-state index in [9.17, 15) is 13.2 Å². The summed E-state index contributed by atoms with van der Waals surface area (Å²) in [7, 11) is -3.89. The molecule has 0 bridgehead atoms. The second-order valence-electron chi connectivity index (χ2n) is 8.75. The number of sulfonamides is 1. The van der Waals surface area contributed by atoms with Gasteiger partial charge in [0.1, 0.15) is 5.82 Å². The molecular weight excluding hydrogens is 494 g/mol. The molecule has 1 heterocycles. The number of rotatable bonds is 9. The summed E-state index contributed by atoms with van der Waals surface area (Å²) in [6, 6.07) is 20.3. The first-order valence-electron chi connectivity index (χ1n) is 12.2. The molecule has 1 atom stereocenters. The van der Waals surface area contributed by atoms with Crippen molar-refractivity contribution in [2.45, 2.75) is 51.0 Å². The SMILES string of the molecule is CCCCN(C(C)c1nc2ccccc2c(=O)n1-c1ccc(CC)cc1)S(=O)(=O)c1ccc(Cl)cc1. The molecule has 0 saturated carbocycles. The minimum absolute atomic E-state index is 0.150. The number of fused-ring (bicyclic) bond motifs is 1. The van der Waals surface area contributed by atoms with Crippen LogP contribution in [-0.2, 0) is 16.4 Å². The second kappa shape index (κ2) is 10.9. The van der Waals surface area contributed by atoms with Crippen molar-refractivity contribution >= 4 is 32.5 Å². The quantitative estimate of drug-likeness (QED) is 0.263. The van der Waals surface area contributed by atoms with Gasteiger partial charge < -0.3 is 0 Å². The first-order valence-corrected chi connectivity index (χ1v) is 14.0. The molecule has 0 aliphatic rings. The minimum Gasteiger partial charge on any atom is -0.268 e. The zero-order chi connectivity index (χ0) is 25.9. The van der Waals surface area contributed by atoms with E-state index in [4.69, 9.17) is 16.6 Å². The highest BCUT2D eigenvalue weighted by atomic mass is 35.5. The van der Waals surface area contributed by atoms with Crippen LogP contribution in [0.3, 0.4) is 0 Å². The van der Waals surface area contributed by atoms with E-state index in [1.807, 2.05) is 37.3 Å². The normalized spacial score (nSPS) is 12.8. The Bertz CT molecular complexity index is 1510. The van der Waals surface area contributed by atoms with Gasteiger partial charge in [0.25, 0.3) is 5.56 Å². The molecule has 0 aliphatic heterocycles. The number of hydrogen-bond donors (Lipinski definition) is 0. The summed E-state index contributed by atoms with van der Waals surface area (Å²) in [5.41, 5.74) is 2.10. The molecular formula is C28H30ClN3O3S. The lowest BCUT2D eigenvalue weighted by Crippen LogP contribution is -2.38. The number of aromatic nitrogens is 2. The summed E-state index contributed by atoms with van der Waals surface area (Å²) in [4.78, 5) is 18.7. The average molecular weight is 524 g/mol. The van der Waals surface area contributed by atoms with Crippen molar-refractivity contribution in [3.05, 3.63) is 99.6 Å². The van der Waals surface area contributed by atoms with Crippen LogP contribution in [0.25, 0.3) is 16.6 Å². The number of aryl methyl sites for hydroxylation is 1. The Morgan fingerprint density at radius 1 is 0.972 bits per heavy atom. The van der Waals surface area contributed by atoms with E-state index in [1.54, 1.807) is 41.8 Å². The molecule has 4 rings (SSSR count). The Morgan fingerprint density at radius 3 is 2.28 bits per heavy atom. The van der Waals surface area contributed by atoms with Crippen LogP contribution in [0.4, 0.5) is 0 Å². The van der Waals surface area contributed by atoms with Gasteiger partial charge in [-0.25, -0.2) is 13.4 Å². The predicted molar refractivity (Wildman–Crippen MR) is 145 cm³/mol. The Balaban J connectivity index is 1.93. The van der Waals surface area contributed by atoms with Gasteiger partial charge in [0.15, 0.2) is 0 Å². The molecule has 1 unspecified atom stereocenters. The van der Waals surface area contributed by atoms with Crippen LogP contribution >= 0.6 is 11.6 Å². The topological polar surface area (TPSA) is 72.3 Å². The van der Waals surface area contributed by atoms with Gasteiger partial charge in [0.2, 0.25) is 10.0 Å². The Kier molecular flexibility index (Phi) is 7.93. The number of nitrogens with zero attached hydrogens (tertiary/aromatic N) is 3. The third kappa shape index (κ3) is 5.09. The van der Waals surface area contributed by atoms with Crippen molar-refractivity contribution in [3.8, 4) is 5.69 Å². The van der Waals surface area contributed by atoms with Crippen LogP contribution in [0.5, 0.6) is 0 Å². The van der Waals surface area contributed by atoms with Crippen LogP contribution in [0.15, 0.2) is 82.5 Å². The summed E-state index contributed by atoms with van der Waals surface area (Å²) in [6.45, 7) is 6.16. The van der Waals surface area contributed by atoms with Crippen molar-refractivity contribution in [2.75, 3.05) is 6.54 Å². The maximum atomic E-state index is 13.8. The maximum absolute atomic E-state index is 13.8. The monoisotopic (exact) mass is 523 g/mol. The van der Waals surface area contributed by atoms with E-state index in [2.05, 4.69) is 6.92 Å². The van der Waals surface area contributed by atoms with E-state index in [0.29, 0.717) is 40.4 Å². The van der Waals surface area contributed by atoms with Gasteiger partial charge in [-0.2, -0.15) is 4.31 Å². The lowest BCUT2D eigenvalue weighted by Gasteiger charge is -2.29. The van der Waals surface area contributed by atoms with Crippen LogP contribution in [0.2, 0.25) is 5.02 Å². The zero-order valence-corrected chi connectivity index (χ0v) is 22.3. The van der Waals surface area contributed by atoms with E-state index in [-0.39, 0.29) is 10.5 Å². The molecule has 1 aromatic heterocycles. The Hall–Kier alpha value is -3.00. The average Bonchev–Trinajstić information content (AvgIpc) is 2.89. The molecule has 0 amide bonds. The van der Waals surface area contributed by atoms with Crippen molar-refractivity contribution in [2.24, 2.45) is 0 Å². The van der Waals surface area contributed by atoms with Crippen molar-refractivity contribution in [1.82, 2.24) is 13.9 Å². The highest BCUT2D eigenvalue weighted by Crippen LogP contribution is 2.29. The number of halogens is 1. The molecule has 8 heteroatoms. The van der Waals surface area contributed by atoms with Gasteiger partial charge in [-0.3, -0.25) is 9.36 Å². The highest BCUT2D eigenvalue weighted by molar-refractivity contribution is 7.89. The summed E-state index contributed by atoms with van der Waals surface area (Å²) in [5.74, 6) is 0.372. The first-order chi connectivity index (χ1) is 17.3. The third-order valence-corrected chi connectivity index (χ3v) is 8.60. The summed E-state index contributed by atoms with van der Waals surface area (Å²) < 4.78 is 30.6. The van der Waals surface area contributed by atoms with Gasteiger partial charge in [0, 0.05) is 11.6 Å². The van der Waals surface area contributed by atoms with E-state index >= 15 is 0 Å². The first kappa shape index (κ1) is 26.1. The minimum atomic E-state index is -3.89. The standard InChI is InChI=1S/C28H30ClN3O3S/c1-4-6-19-31(36(34,35)24-17-13-22(29)14-18-24)20(3)27-30-26-10-8-7-9-25(26)28(33)32(27)23-15-11-21(5-2)12-16-23/h7-18,20H,4-6,19H2,1-3H3. The molecule has 0 fully saturated rings. The Labute approximate surface area is 217 Å². The van der Waals surface area contributed by atoms with E-state index < -0.39 is 16.1 Å². The van der Waals surface area contributed by atoms with Gasteiger partial charge >= 0.3 is 0 Å². The summed E-state index contributed by atoms with van der Waals surface area (Å²) >= 11 is 6.01. The number of unbranched alkanes of at least 4 members (excludes halogenated alkanes) is 1. The molecule has 0 aliphatic carbocycles. The van der Waals surface area contributed by atoms with Crippen molar-refractivity contribution in [1.29, 1.82) is 0 Å². The fourth-order valence-corrected chi connectivity index (χ4v) is 6.02. The number of hydrogen-bond acceptors (Lipinski definition) is 4. The molecule has 0 N–H and O–H groups in total. The van der Waals surface area contributed by atoms with Gasteiger partial charge in [-0.1, -0.05) is 56.1 Å². The smallest absolute Gasteiger partial charge is 0.266 e. The molecule has 0 radical (unpaired) electrons. The molecule has 3 aromatic carbocycles. The summed E-state index contributed by atoms with van der Waals surface area (Å²) in [5, 5.41) is 0.941. The Morgan fingerprint density at radius 2 is 1.64 bits per heavy atom. The maximum Gasteiger partial charge on any atom is 0.266 e. The molecule has 188 valence electrons. The molecule has 36 heavy (non-hydrogen) atoms. The van der Waals surface area contributed by atoms with E-state index in [0.717, 1.165) is 18.4 Å². The third-order valence-electron chi connectivity index (χ3n) is 6.36. The zero-order valence-electron chi connectivity index (χ0n) is 20.7. The number of para-hydroxylation sites is 1. The van der Waals surface area contributed by atoms with Crippen LogP contribution < -0.4 is 5.56 Å². The fourth-order valence-electron chi connectivity index (χ4n) is 4.27. The van der Waals surface area contributed by atoms with Crippen molar-refractivity contribution < 1.29 is 8.42 Å². The molecule has 0 saturated heterocycles. The molecule has 6 nitrogen and oxygen atoms in total. The lowest BCUT2D eigenvalue weighted by molar-refractivity contribution is 0.322. The molecule has 0 spiro atoms. The molecule has 4 aromatic rings.